The molecule has 0 saturated heterocycles. The van der Waals surface area contributed by atoms with E-state index in [0.29, 0.717) is 4.47 Å². The summed E-state index contributed by atoms with van der Waals surface area (Å²) in [4.78, 5) is 11.0. The normalized spacial score (nSPS) is 16.0. The molecular weight excluding hydrogens is 474 g/mol. The van der Waals surface area contributed by atoms with Gasteiger partial charge in [-0.2, -0.15) is 0 Å². The van der Waals surface area contributed by atoms with E-state index >= 15 is 0 Å². The quantitative estimate of drug-likeness (QED) is 0.696. The number of carbonyl (C=O) groups excluding carboxylic acids is 1. The Kier molecular flexibility index (Phi) is 5.99. The minimum absolute atomic E-state index is 0.0146. The number of nitrogens with one attached hydrogen (secondary N) is 1. The molecule has 0 spiro atoms. The summed E-state index contributed by atoms with van der Waals surface area (Å²) >= 11 is 3.15. The first-order chi connectivity index (χ1) is 13.6. The second-order valence-electron chi connectivity index (χ2n) is 6.25. The number of nitrogens with zero attached hydrogens (tertiary/aromatic N) is 1. The third-order valence-corrected chi connectivity index (χ3v) is 6.43. The number of fused-ring (bicyclic) bond motifs is 1. The van der Waals surface area contributed by atoms with E-state index in [-0.39, 0.29) is 41.1 Å². The van der Waals surface area contributed by atoms with Crippen LogP contribution in [0.2, 0.25) is 0 Å². The Labute approximate surface area is 174 Å². The minimum Gasteiger partial charge on any atom is -0.494 e. The van der Waals surface area contributed by atoms with Gasteiger partial charge in [0.2, 0.25) is 5.91 Å². The van der Waals surface area contributed by atoms with Crippen LogP contribution in [0.4, 0.5) is 14.5 Å². The molecule has 0 radical (unpaired) electrons. The van der Waals surface area contributed by atoms with E-state index in [1.165, 1.54) is 20.1 Å². The number of benzene rings is 2. The van der Waals surface area contributed by atoms with E-state index in [2.05, 4.69) is 21.2 Å². The highest BCUT2D eigenvalue weighted by atomic mass is 79.9. The molecule has 0 fully saturated rings. The Balaban J connectivity index is 2.09. The first-order valence-electron chi connectivity index (χ1n) is 8.40. The third-order valence-electron chi connectivity index (χ3n) is 4.20. The van der Waals surface area contributed by atoms with E-state index in [0.717, 1.165) is 28.6 Å². The van der Waals surface area contributed by atoms with E-state index in [4.69, 9.17) is 9.47 Å². The van der Waals surface area contributed by atoms with Crippen molar-refractivity contribution in [2.24, 2.45) is 0 Å². The van der Waals surface area contributed by atoms with Gasteiger partial charge in [-0.05, 0) is 24.3 Å². The molecule has 0 aliphatic carbocycles. The fraction of sp³-hybridized carbons (Fsp3) is 0.278. The van der Waals surface area contributed by atoms with Crippen LogP contribution in [0.25, 0.3) is 0 Å². The average Bonchev–Trinajstić information content (AvgIpc) is 2.66. The molecule has 11 heteroatoms. The maximum absolute atomic E-state index is 14.5. The van der Waals surface area contributed by atoms with E-state index in [9.17, 15) is 22.0 Å². The molecule has 156 valence electrons. The molecule has 0 aromatic heterocycles. The maximum atomic E-state index is 14.5. The highest BCUT2D eigenvalue weighted by Crippen LogP contribution is 2.41. The first kappa shape index (κ1) is 21.3. The molecule has 1 atom stereocenters. The van der Waals surface area contributed by atoms with Gasteiger partial charge in [-0.15, -0.1) is 0 Å². The molecule has 7 nitrogen and oxygen atoms in total. The summed E-state index contributed by atoms with van der Waals surface area (Å²) in [5.41, 5.74) is -0.0146. The second-order valence-corrected chi connectivity index (χ2v) is 9.02. The van der Waals surface area contributed by atoms with Crippen molar-refractivity contribution in [1.82, 2.24) is 5.32 Å². The number of rotatable bonds is 5. The van der Waals surface area contributed by atoms with Crippen molar-refractivity contribution in [3.63, 3.8) is 0 Å². The largest absolute Gasteiger partial charge is 0.494 e. The van der Waals surface area contributed by atoms with Crippen LogP contribution in [0.5, 0.6) is 11.5 Å². The predicted octanol–water partition coefficient (Wildman–Crippen LogP) is 2.83. The lowest BCUT2D eigenvalue weighted by Crippen LogP contribution is -2.48. The molecule has 2 aromatic carbocycles. The Morgan fingerprint density at radius 3 is 2.69 bits per heavy atom. The molecule has 1 aliphatic heterocycles. The van der Waals surface area contributed by atoms with Gasteiger partial charge in [0.1, 0.15) is 6.10 Å². The van der Waals surface area contributed by atoms with Crippen LogP contribution in [-0.4, -0.2) is 40.6 Å². The van der Waals surface area contributed by atoms with Crippen molar-refractivity contribution < 1.29 is 31.5 Å². The van der Waals surface area contributed by atoms with E-state index in [1.54, 1.807) is 0 Å². The molecule has 1 N–H and O–H groups in total. The Bertz CT molecular complexity index is 1060. The van der Waals surface area contributed by atoms with Crippen molar-refractivity contribution in [2.75, 3.05) is 24.5 Å². The number of hydrogen-bond donors (Lipinski definition) is 1. The molecule has 0 bridgehead atoms. The lowest BCUT2D eigenvalue weighted by Gasteiger charge is -2.35. The van der Waals surface area contributed by atoms with Crippen LogP contribution in [0.3, 0.4) is 0 Å². The smallest absolute Gasteiger partial charge is 0.264 e. The molecule has 1 heterocycles. The maximum Gasteiger partial charge on any atom is 0.264 e. The third kappa shape index (κ3) is 4.30. The van der Waals surface area contributed by atoms with Crippen molar-refractivity contribution in [1.29, 1.82) is 0 Å². The van der Waals surface area contributed by atoms with Gasteiger partial charge in [0.25, 0.3) is 10.0 Å². The van der Waals surface area contributed by atoms with Gasteiger partial charge in [0.15, 0.2) is 23.1 Å². The van der Waals surface area contributed by atoms with Crippen molar-refractivity contribution >= 4 is 37.5 Å². The second kappa shape index (κ2) is 8.15. The zero-order valence-electron chi connectivity index (χ0n) is 15.4. The standard InChI is InChI=1S/C18H17BrF2N2O5S/c1-10(24)22-8-12-9-23(16-6-11(19)5-15(21)18(16)28-12)29(25,26)13-3-4-14(20)17(7-13)27-2/h3-7,12H,8-9H2,1-2H3,(H,22,24). The van der Waals surface area contributed by atoms with Crippen LogP contribution in [0, 0.1) is 11.6 Å². The molecule has 1 unspecified atom stereocenters. The number of halogens is 3. The van der Waals surface area contributed by atoms with Crippen LogP contribution in [0.1, 0.15) is 6.92 Å². The lowest BCUT2D eigenvalue weighted by molar-refractivity contribution is -0.119. The number of sulfonamides is 1. The lowest BCUT2D eigenvalue weighted by atomic mass is 10.2. The number of ether oxygens (including phenoxy) is 2. The first-order valence-corrected chi connectivity index (χ1v) is 10.6. The number of methoxy groups -OCH3 is 1. The monoisotopic (exact) mass is 490 g/mol. The van der Waals surface area contributed by atoms with Gasteiger partial charge < -0.3 is 14.8 Å². The Morgan fingerprint density at radius 2 is 2.03 bits per heavy atom. The van der Waals surface area contributed by atoms with Gasteiger partial charge in [0, 0.05) is 17.5 Å². The fourth-order valence-electron chi connectivity index (χ4n) is 2.86. The van der Waals surface area contributed by atoms with Crippen LogP contribution < -0.4 is 19.1 Å². The van der Waals surface area contributed by atoms with Gasteiger partial charge in [-0.1, -0.05) is 15.9 Å². The average molecular weight is 491 g/mol. The minimum atomic E-state index is -4.22. The molecule has 3 rings (SSSR count). The van der Waals surface area contributed by atoms with Gasteiger partial charge in [-0.3, -0.25) is 9.10 Å². The summed E-state index contributed by atoms with van der Waals surface area (Å²) in [5, 5.41) is 2.53. The van der Waals surface area contributed by atoms with Gasteiger partial charge in [-0.25, -0.2) is 17.2 Å². The SMILES string of the molecule is COc1cc(S(=O)(=O)N2CC(CNC(C)=O)Oc3c(F)cc(Br)cc32)ccc1F. The fourth-order valence-corrected chi connectivity index (χ4v) is 4.78. The van der Waals surface area contributed by atoms with Gasteiger partial charge in [0.05, 0.1) is 30.8 Å². The summed E-state index contributed by atoms with van der Waals surface area (Å²) in [6.45, 7) is 1.09. The summed E-state index contributed by atoms with van der Waals surface area (Å²) in [6, 6.07) is 5.68. The van der Waals surface area contributed by atoms with Crippen molar-refractivity contribution in [3.05, 3.63) is 46.4 Å². The summed E-state index contributed by atoms with van der Waals surface area (Å²) in [5.74, 6) is -2.32. The Morgan fingerprint density at radius 1 is 1.31 bits per heavy atom. The molecule has 29 heavy (non-hydrogen) atoms. The summed E-state index contributed by atoms with van der Waals surface area (Å²) in [7, 11) is -3.01. The van der Waals surface area contributed by atoms with Crippen LogP contribution >= 0.6 is 15.9 Å². The van der Waals surface area contributed by atoms with Crippen LogP contribution in [-0.2, 0) is 14.8 Å². The zero-order chi connectivity index (χ0) is 21.3. The summed E-state index contributed by atoms with van der Waals surface area (Å²) < 4.78 is 66.6. The molecule has 1 aliphatic rings. The van der Waals surface area contributed by atoms with E-state index in [1.807, 2.05) is 0 Å². The molecule has 0 saturated carbocycles. The molecular formula is C18H17BrF2N2O5S. The van der Waals surface area contributed by atoms with Crippen LogP contribution in [0.15, 0.2) is 39.7 Å². The number of carbonyl (C=O) groups is 1. The molecule has 2 aromatic rings. The van der Waals surface area contributed by atoms with Crippen molar-refractivity contribution in [2.45, 2.75) is 17.9 Å². The highest BCUT2D eigenvalue weighted by molar-refractivity contribution is 9.10. The topological polar surface area (TPSA) is 84.9 Å². The predicted molar refractivity (Wildman–Crippen MR) is 105 cm³/mol. The van der Waals surface area contributed by atoms with Gasteiger partial charge >= 0.3 is 0 Å². The highest BCUT2D eigenvalue weighted by Gasteiger charge is 2.36. The van der Waals surface area contributed by atoms with Crippen molar-refractivity contribution in [3.8, 4) is 11.5 Å². The summed E-state index contributed by atoms with van der Waals surface area (Å²) in [6.07, 6.45) is -0.834. The zero-order valence-corrected chi connectivity index (χ0v) is 17.8. The number of amides is 1. The van der Waals surface area contributed by atoms with E-state index < -0.39 is 27.8 Å². The number of hydrogen-bond acceptors (Lipinski definition) is 5. The molecule has 1 amide bonds. The number of anilines is 1. The Hall–Kier alpha value is -2.40.